The van der Waals surface area contributed by atoms with Crippen LogP contribution in [-0.4, -0.2) is 78.2 Å². The zero-order valence-corrected chi connectivity index (χ0v) is 21.3. The van der Waals surface area contributed by atoms with Gasteiger partial charge in [0.15, 0.2) is 0 Å². The van der Waals surface area contributed by atoms with Crippen LogP contribution in [0.15, 0.2) is 71.5 Å². The Bertz CT molecular complexity index is 1280. The minimum absolute atomic E-state index is 0.137. The van der Waals surface area contributed by atoms with Crippen LogP contribution in [0.1, 0.15) is 18.9 Å². The van der Waals surface area contributed by atoms with Crippen molar-refractivity contribution < 1.29 is 14.6 Å². The quantitative estimate of drug-likeness (QED) is 0.330. The molecule has 1 aromatic heterocycles. The van der Waals surface area contributed by atoms with Gasteiger partial charge in [0, 0.05) is 48.8 Å². The summed E-state index contributed by atoms with van der Waals surface area (Å²) in [6.07, 6.45) is 4.46. The van der Waals surface area contributed by atoms with Crippen molar-refractivity contribution in [3.05, 3.63) is 71.9 Å². The van der Waals surface area contributed by atoms with Gasteiger partial charge in [-0.3, -0.25) is 9.69 Å². The van der Waals surface area contributed by atoms with Crippen molar-refractivity contribution >= 4 is 34.3 Å². The van der Waals surface area contributed by atoms with E-state index in [-0.39, 0.29) is 5.91 Å². The fourth-order valence-corrected chi connectivity index (χ4v) is 4.94. The predicted molar refractivity (Wildman–Crippen MR) is 148 cm³/mol. The molecular formula is C29H35N5O3. The van der Waals surface area contributed by atoms with E-state index in [0.717, 1.165) is 68.0 Å². The average molecular weight is 502 g/mol. The fourth-order valence-electron chi connectivity index (χ4n) is 4.94. The summed E-state index contributed by atoms with van der Waals surface area (Å²) in [6.45, 7) is 8.43. The minimum Gasteiger partial charge on any atom is -0.390 e. The number of carbonyl (C=O) groups excluding carboxylic acids is 1. The van der Waals surface area contributed by atoms with Crippen molar-refractivity contribution in [2.75, 3.05) is 50.9 Å². The molecule has 3 aromatic rings. The van der Waals surface area contributed by atoms with E-state index in [0.29, 0.717) is 24.4 Å². The summed E-state index contributed by atoms with van der Waals surface area (Å²) < 4.78 is 7.47. The second kappa shape index (κ2) is 11.8. The molecule has 0 saturated carbocycles. The maximum absolute atomic E-state index is 13.2. The van der Waals surface area contributed by atoms with Gasteiger partial charge in [-0.2, -0.15) is 10.1 Å². The lowest BCUT2D eigenvalue weighted by Gasteiger charge is -2.26. The molecule has 0 aliphatic carbocycles. The molecule has 2 N–H and O–H groups in total. The first-order valence-corrected chi connectivity index (χ1v) is 13.0. The van der Waals surface area contributed by atoms with Crippen LogP contribution in [-0.2, 0) is 16.1 Å². The number of ether oxygens (including phenoxy) is 1. The summed E-state index contributed by atoms with van der Waals surface area (Å²) in [5.74, 6) is -0.137. The molecule has 2 aromatic carbocycles. The first-order valence-electron chi connectivity index (χ1n) is 13.0. The van der Waals surface area contributed by atoms with E-state index in [1.165, 1.54) is 5.01 Å². The molecule has 5 rings (SSSR count). The lowest BCUT2D eigenvalue weighted by atomic mass is 10.1. The molecule has 0 radical (unpaired) electrons. The monoisotopic (exact) mass is 501 g/mol. The predicted octanol–water partition coefficient (Wildman–Crippen LogP) is 3.12. The second-order valence-electron chi connectivity index (χ2n) is 9.62. The summed E-state index contributed by atoms with van der Waals surface area (Å²) >= 11 is 0. The summed E-state index contributed by atoms with van der Waals surface area (Å²) in [5, 5.41) is 21.1. The smallest absolute Gasteiger partial charge is 0.280 e. The van der Waals surface area contributed by atoms with Gasteiger partial charge in [-0.1, -0.05) is 36.4 Å². The second-order valence-corrected chi connectivity index (χ2v) is 9.62. The summed E-state index contributed by atoms with van der Waals surface area (Å²) in [7, 11) is 0. The summed E-state index contributed by atoms with van der Waals surface area (Å²) in [6, 6.07) is 17.6. The van der Waals surface area contributed by atoms with Crippen LogP contribution in [0, 0.1) is 0 Å². The highest BCUT2D eigenvalue weighted by Crippen LogP contribution is 2.28. The maximum Gasteiger partial charge on any atom is 0.280 e. The largest absolute Gasteiger partial charge is 0.390 e. The number of para-hydroxylation sites is 2. The number of carbonyl (C=O) groups is 1. The molecule has 0 spiro atoms. The Morgan fingerprint density at radius 1 is 1.11 bits per heavy atom. The van der Waals surface area contributed by atoms with Crippen LogP contribution in [0.25, 0.3) is 17.0 Å². The van der Waals surface area contributed by atoms with Crippen LogP contribution in [0.5, 0.6) is 0 Å². The van der Waals surface area contributed by atoms with Gasteiger partial charge in [0.25, 0.3) is 5.91 Å². The van der Waals surface area contributed by atoms with E-state index in [9.17, 15) is 9.90 Å². The van der Waals surface area contributed by atoms with E-state index < -0.39 is 6.10 Å². The van der Waals surface area contributed by atoms with Crippen molar-refractivity contribution in [2.45, 2.75) is 26.0 Å². The van der Waals surface area contributed by atoms with E-state index in [4.69, 9.17) is 4.74 Å². The third-order valence-corrected chi connectivity index (χ3v) is 6.90. The standard InChI is InChI=1S/C29H35N5O3/c1-22-27(29(36)34(31-22)24-8-3-2-4-9-24)18-23-20-33(28-11-6-5-10-26(23)28)21-25(35)19-30-12-7-13-32-14-16-37-17-15-32/h2-6,8-11,18,20,25,30,35H,7,12-17,19,21H2,1H3/b27-18+/t25-/m1/s1. The number of fused-ring (bicyclic) bond motifs is 1. The SMILES string of the molecule is CC1=NN(c2ccccc2)C(=O)/C1=C/c1cn(C[C@H](O)CNCCCN2CCOCC2)c2ccccc12. The Hall–Kier alpha value is -3.30. The molecule has 1 amide bonds. The molecule has 3 heterocycles. The van der Waals surface area contributed by atoms with Gasteiger partial charge in [-0.25, -0.2) is 0 Å². The molecule has 8 nitrogen and oxygen atoms in total. The third-order valence-electron chi connectivity index (χ3n) is 6.90. The van der Waals surface area contributed by atoms with Gasteiger partial charge in [0.1, 0.15) is 0 Å². The third kappa shape index (κ3) is 5.99. The zero-order valence-electron chi connectivity index (χ0n) is 21.3. The molecule has 2 aliphatic rings. The Morgan fingerprint density at radius 2 is 1.86 bits per heavy atom. The van der Waals surface area contributed by atoms with Gasteiger partial charge in [-0.05, 0) is 50.7 Å². The highest BCUT2D eigenvalue weighted by atomic mass is 16.5. The number of hydrogen-bond acceptors (Lipinski definition) is 6. The lowest BCUT2D eigenvalue weighted by Crippen LogP contribution is -2.38. The number of morpholine rings is 1. The topological polar surface area (TPSA) is 82.3 Å². The summed E-state index contributed by atoms with van der Waals surface area (Å²) in [5.41, 5.74) is 3.98. The van der Waals surface area contributed by atoms with Crippen molar-refractivity contribution in [3.8, 4) is 0 Å². The number of anilines is 1. The highest BCUT2D eigenvalue weighted by Gasteiger charge is 2.29. The molecule has 0 unspecified atom stereocenters. The van der Waals surface area contributed by atoms with Crippen LogP contribution < -0.4 is 10.3 Å². The van der Waals surface area contributed by atoms with Crippen molar-refractivity contribution in [3.63, 3.8) is 0 Å². The Kier molecular flexibility index (Phi) is 8.11. The maximum atomic E-state index is 13.2. The highest BCUT2D eigenvalue weighted by molar-refractivity contribution is 6.32. The Balaban J connectivity index is 1.24. The van der Waals surface area contributed by atoms with E-state index in [2.05, 4.69) is 26.0 Å². The Labute approximate surface area is 217 Å². The zero-order chi connectivity index (χ0) is 25.6. The first kappa shape index (κ1) is 25.4. The van der Waals surface area contributed by atoms with E-state index in [1.54, 1.807) is 0 Å². The van der Waals surface area contributed by atoms with Gasteiger partial charge in [0.05, 0.1) is 36.3 Å². The molecule has 1 saturated heterocycles. The molecule has 194 valence electrons. The summed E-state index contributed by atoms with van der Waals surface area (Å²) in [4.78, 5) is 15.6. The van der Waals surface area contributed by atoms with Crippen molar-refractivity contribution in [1.29, 1.82) is 0 Å². The molecular weight excluding hydrogens is 466 g/mol. The van der Waals surface area contributed by atoms with Crippen molar-refractivity contribution in [2.24, 2.45) is 5.10 Å². The number of aliphatic hydroxyl groups is 1. The van der Waals surface area contributed by atoms with Crippen LogP contribution in [0.3, 0.4) is 0 Å². The lowest BCUT2D eigenvalue weighted by molar-refractivity contribution is -0.114. The number of hydrogen-bond donors (Lipinski definition) is 2. The molecule has 1 atom stereocenters. The number of nitrogens with zero attached hydrogens (tertiary/aromatic N) is 4. The number of rotatable bonds is 10. The Morgan fingerprint density at radius 3 is 2.68 bits per heavy atom. The van der Waals surface area contributed by atoms with Crippen LogP contribution >= 0.6 is 0 Å². The molecule has 1 fully saturated rings. The normalized spacial score (nSPS) is 18.6. The van der Waals surface area contributed by atoms with Gasteiger partial charge >= 0.3 is 0 Å². The van der Waals surface area contributed by atoms with E-state index in [1.807, 2.05) is 67.7 Å². The minimum atomic E-state index is -0.523. The molecule has 0 bridgehead atoms. The first-order chi connectivity index (χ1) is 18.1. The van der Waals surface area contributed by atoms with Crippen molar-refractivity contribution in [1.82, 2.24) is 14.8 Å². The fraction of sp³-hybridized carbons (Fsp3) is 0.379. The van der Waals surface area contributed by atoms with Gasteiger partial charge in [0.2, 0.25) is 0 Å². The number of benzene rings is 2. The van der Waals surface area contributed by atoms with Crippen LogP contribution in [0.4, 0.5) is 5.69 Å². The number of amides is 1. The molecule has 37 heavy (non-hydrogen) atoms. The van der Waals surface area contributed by atoms with E-state index >= 15 is 0 Å². The average Bonchev–Trinajstić information content (AvgIpc) is 3.41. The van der Waals surface area contributed by atoms with Gasteiger partial charge in [-0.15, -0.1) is 0 Å². The van der Waals surface area contributed by atoms with Gasteiger partial charge < -0.3 is 19.7 Å². The van der Waals surface area contributed by atoms with Crippen LogP contribution in [0.2, 0.25) is 0 Å². The number of aromatic nitrogens is 1. The number of nitrogens with one attached hydrogen (secondary N) is 1. The molecule has 8 heteroatoms. The molecule has 2 aliphatic heterocycles. The number of hydrazone groups is 1. The number of aliphatic hydroxyl groups excluding tert-OH is 1.